The van der Waals surface area contributed by atoms with E-state index in [-0.39, 0.29) is 12.2 Å². The predicted molar refractivity (Wildman–Crippen MR) is 63.0 cm³/mol. The molecule has 0 aliphatic heterocycles. The maximum absolute atomic E-state index is 9.31. The summed E-state index contributed by atoms with van der Waals surface area (Å²) in [5.41, 5.74) is 0. The van der Waals surface area contributed by atoms with Crippen LogP contribution in [0.25, 0.3) is 0 Å². The molecule has 0 radical (unpaired) electrons. The molecule has 15 heavy (non-hydrogen) atoms. The fourth-order valence-electron chi connectivity index (χ4n) is 1.61. The summed E-state index contributed by atoms with van der Waals surface area (Å²) in [5.74, 6) is 0. The van der Waals surface area contributed by atoms with Crippen LogP contribution >= 0.6 is 0 Å². The van der Waals surface area contributed by atoms with E-state index in [1.807, 2.05) is 14.1 Å². The van der Waals surface area contributed by atoms with Crippen LogP contribution in [0.2, 0.25) is 0 Å². The van der Waals surface area contributed by atoms with E-state index in [1.54, 1.807) is 13.8 Å². The first kappa shape index (κ1) is 14.8. The Morgan fingerprint density at radius 2 is 1.40 bits per heavy atom. The second-order valence-electron chi connectivity index (χ2n) is 4.61. The standard InChI is InChI=1S/C11H26N2O2/c1-10(14)8-13(9-11(2)15)7-5-6-12(3)4/h10-11,14-15H,5-9H2,1-4H3/t10-,11?/m1/s1. The van der Waals surface area contributed by atoms with Crippen LogP contribution in [0.1, 0.15) is 20.3 Å². The molecule has 0 saturated carbocycles. The van der Waals surface area contributed by atoms with Crippen LogP contribution in [0.3, 0.4) is 0 Å². The van der Waals surface area contributed by atoms with Gasteiger partial charge in [0.2, 0.25) is 0 Å². The van der Waals surface area contributed by atoms with Crippen molar-refractivity contribution in [2.45, 2.75) is 32.5 Å². The van der Waals surface area contributed by atoms with Crippen molar-refractivity contribution in [3.8, 4) is 0 Å². The highest BCUT2D eigenvalue weighted by Gasteiger charge is 2.10. The highest BCUT2D eigenvalue weighted by atomic mass is 16.3. The quantitative estimate of drug-likeness (QED) is 0.602. The Bertz CT molecular complexity index is 140. The molecule has 2 N–H and O–H groups in total. The minimum absolute atomic E-state index is 0.330. The Labute approximate surface area is 93.5 Å². The van der Waals surface area contributed by atoms with Gasteiger partial charge in [0, 0.05) is 13.1 Å². The van der Waals surface area contributed by atoms with Crippen LogP contribution in [0.4, 0.5) is 0 Å². The minimum atomic E-state index is -0.330. The molecule has 0 rings (SSSR count). The third-order valence-electron chi connectivity index (χ3n) is 2.12. The van der Waals surface area contributed by atoms with Gasteiger partial charge in [0.25, 0.3) is 0 Å². The molecular weight excluding hydrogens is 192 g/mol. The van der Waals surface area contributed by atoms with Gasteiger partial charge in [-0.05, 0) is 47.5 Å². The van der Waals surface area contributed by atoms with Crippen molar-refractivity contribution in [3.63, 3.8) is 0 Å². The molecule has 2 atom stereocenters. The van der Waals surface area contributed by atoms with Crippen molar-refractivity contribution >= 4 is 0 Å². The molecule has 0 aliphatic rings. The number of nitrogens with zero attached hydrogens (tertiary/aromatic N) is 2. The fourth-order valence-corrected chi connectivity index (χ4v) is 1.61. The molecule has 92 valence electrons. The van der Waals surface area contributed by atoms with E-state index in [9.17, 15) is 10.2 Å². The molecule has 0 saturated heterocycles. The third kappa shape index (κ3) is 10.1. The molecule has 0 aromatic carbocycles. The SMILES string of the molecule is CC(O)CN(CCCN(C)C)C[C@@H](C)O. The zero-order chi connectivity index (χ0) is 11.8. The molecule has 0 aromatic rings. The van der Waals surface area contributed by atoms with Gasteiger partial charge in [-0.3, -0.25) is 4.90 Å². The van der Waals surface area contributed by atoms with Gasteiger partial charge in [-0.2, -0.15) is 0 Å². The highest BCUT2D eigenvalue weighted by Crippen LogP contribution is 1.98. The molecular formula is C11H26N2O2. The Balaban J connectivity index is 3.79. The monoisotopic (exact) mass is 218 g/mol. The number of aliphatic hydroxyl groups is 2. The summed E-state index contributed by atoms with van der Waals surface area (Å²) in [4.78, 5) is 4.25. The van der Waals surface area contributed by atoms with Crippen molar-refractivity contribution in [1.29, 1.82) is 0 Å². The summed E-state index contributed by atoms with van der Waals surface area (Å²) >= 11 is 0. The summed E-state index contributed by atoms with van der Waals surface area (Å²) in [6.45, 7) is 6.79. The van der Waals surface area contributed by atoms with Gasteiger partial charge in [-0.25, -0.2) is 0 Å². The van der Waals surface area contributed by atoms with E-state index in [2.05, 4.69) is 9.80 Å². The second kappa shape index (κ2) is 8.05. The van der Waals surface area contributed by atoms with Gasteiger partial charge in [-0.1, -0.05) is 0 Å². The van der Waals surface area contributed by atoms with Gasteiger partial charge >= 0.3 is 0 Å². The van der Waals surface area contributed by atoms with Crippen molar-refractivity contribution in [2.75, 3.05) is 40.3 Å². The molecule has 0 heterocycles. The van der Waals surface area contributed by atoms with Gasteiger partial charge in [0.1, 0.15) is 0 Å². The summed E-state index contributed by atoms with van der Waals surface area (Å²) in [7, 11) is 4.10. The van der Waals surface area contributed by atoms with Crippen LogP contribution in [0, 0.1) is 0 Å². The molecule has 4 nitrogen and oxygen atoms in total. The Kier molecular flexibility index (Phi) is 7.96. The molecule has 0 fully saturated rings. The molecule has 1 unspecified atom stereocenters. The lowest BCUT2D eigenvalue weighted by molar-refractivity contribution is 0.0817. The number of rotatable bonds is 8. The van der Waals surface area contributed by atoms with E-state index >= 15 is 0 Å². The van der Waals surface area contributed by atoms with Crippen LogP contribution in [-0.4, -0.2) is 72.5 Å². The minimum Gasteiger partial charge on any atom is -0.392 e. The number of hydrogen-bond donors (Lipinski definition) is 2. The maximum Gasteiger partial charge on any atom is 0.0639 e. The molecule has 0 aliphatic carbocycles. The van der Waals surface area contributed by atoms with E-state index in [0.29, 0.717) is 13.1 Å². The second-order valence-corrected chi connectivity index (χ2v) is 4.61. The normalized spacial score (nSPS) is 16.0. The molecule has 0 bridgehead atoms. The lowest BCUT2D eigenvalue weighted by atomic mass is 10.2. The fraction of sp³-hybridized carbons (Fsp3) is 1.00. The topological polar surface area (TPSA) is 46.9 Å². The zero-order valence-electron chi connectivity index (χ0n) is 10.5. The van der Waals surface area contributed by atoms with E-state index in [1.165, 1.54) is 0 Å². The smallest absolute Gasteiger partial charge is 0.0639 e. The number of hydrogen-bond acceptors (Lipinski definition) is 4. The predicted octanol–water partition coefficient (Wildman–Crippen LogP) is 0.00170. The molecule has 0 amide bonds. The largest absolute Gasteiger partial charge is 0.392 e. The van der Waals surface area contributed by atoms with E-state index in [4.69, 9.17) is 0 Å². The first-order chi connectivity index (χ1) is 6.91. The lowest BCUT2D eigenvalue weighted by Gasteiger charge is -2.25. The van der Waals surface area contributed by atoms with Crippen LogP contribution in [0.5, 0.6) is 0 Å². The van der Waals surface area contributed by atoms with Crippen molar-refractivity contribution < 1.29 is 10.2 Å². The first-order valence-electron chi connectivity index (χ1n) is 5.65. The van der Waals surface area contributed by atoms with Gasteiger partial charge in [0.15, 0.2) is 0 Å². The van der Waals surface area contributed by atoms with Crippen LogP contribution in [-0.2, 0) is 0 Å². The van der Waals surface area contributed by atoms with Gasteiger partial charge < -0.3 is 15.1 Å². The van der Waals surface area contributed by atoms with E-state index < -0.39 is 0 Å². The van der Waals surface area contributed by atoms with Gasteiger partial charge in [-0.15, -0.1) is 0 Å². The van der Waals surface area contributed by atoms with Crippen molar-refractivity contribution in [3.05, 3.63) is 0 Å². The first-order valence-corrected chi connectivity index (χ1v) is 5.65. The average Bonchev–Trinajstić information content (AvgIpc) is 2.00. The van der Waals surface area contributed by atoms with E-state index in [0.717, 1.165) is 19.5 Å². The van der Waals surface area contributed by atoms with Crippen LogP contribution < -0.4 is 0 Å². The summed E-state index contributed by atoms with van der Waals surface area (Å²) < 4.78 is 0. The van der Waals surface area contributed by atoms with Crippen molar-refractivity contribution in [1.82, 2.24) is 9.80 Å². The maximum atomic E-state index is 9.31. The summed E-state index contributed by atoms with van der Waals surface area (Å²) in [6.07, 6.45) is 0.401. The molecule has 0 aromatic heterocycles. The van der Waals surface area contributed by atoms with Gasteiger partial charge in [0.05, 0.1) is 12.2 Å². The zero-order valence-corrected chi connectivity index (χ0v) is 10.5. The summed E-state index contributed by atoms with van der Waals surface area (Å²) in [6, 6.07) is 0. The Hall–Kier alpha value is -0.160. The Morgan fingerprint density at radius 3 is 1.73 bits per heavy atom. The number of aliphatic hydroxyl groups excluding tert-OH is 2. The Morgan fingerprint density at radius 1 is 0.933 bits per heavy atom. The molecule has 4 heteroatoms. The average molecular weight is 218 g/mol. The third-order valence-corrected chi connectivity index (χ3v) is 2.12. The van der Waals surface area contributed by atoms with Crippen molar-refractivity contribution in [2.24, 2.45) is 0 Å². The van der Waals surface area contributed by atoms with Crippen LogP contribution in [0.15, 0.2) is 0 Å². The lowest BCUT2D eigenvalue weighted by Crippen LogP contribution is -2.37. The highest BCUT2D eigenvalue weighted by molar-refractivity contribution is 4.65. The summed E-state index contributed by atoms with van der Waals surface area (Å²) in [5, 5.41) is 18.6. The molecule has 0 spiro atoms.